The highest BCUT2D eigenvalue weighted by atomic mass is 16.5. The molecule has 0 aromatic carbocycles. The molecule has 1 amide bonds. The third kappa shape index (κ3) is 2.37. The molecule has 4 rings (SSSR count). The third-order valence-corrected chi connectivity index (χ3v) is 4.60. The zero-order valence-corrected chi connectivity index (χ0v) is 13.0. The van der Waals surface area contributed by atoms with E-state index in [0.29, 0.717) is 6.04 Å². The van der Waals surface area contributed by atoms with E-state index in [-0.39, 0.29) is 12.5 Å². The summed E-state index contributed by atoms with van der Waals surface area (Å²) >= 11 is 0. The van der Waals surface area contributed by atoms with E-state index in [2.05, 4.69) is 19.5 Å². The maximum absolute atomic E-state index is 11.9. The molecule has 0 atom stereocenters. The van der Waals surface area contributed by atoms with E-state index >= 15 is 0 Å². The standard InChI is InChI=1S/C16H19N5O2/c1-23-9-14(22)20-6-3-11(4-7-20)21-10-19-13-8-18-16-12(15(13)21)2-5-17-16/h2,5,8,10-11H,3-4,6-7,9H2,1H3,(H,17,18). The zero-order valence-electron chi connectivity index (χ0n) is 13.0. The highest BCUT2D eigenvalue weighted by Crippen LogP contribution is 2.29. The molecule has 0 unspecified atom stereocenters. The van der Waals surface area contributed by atoms with Crippen LogP contribution in [0.1, 0.15) is 18.9 Å². The van der Waals surface area contributed by atoms with Crippen molar-refractivity contribution < 1.29 is 9.53 Å². The van der Waals surface area contributed by atoms with Crippen molar-refractivity contribution in [3.8, 4) is 0 Å². The van der Waals surface area contributed by atoms with Crippen molar-refractivity contribution in [3.63, 3.8) is 0 Å². The quantitative estimate of drug-likeness (QED) is 0.799. The lowest BCUT2D eigenvalue weighted by molar-refractivity contribution is -0.136. The van der Waals surface area contributed by atoms with Crippen LogP contribution in [0.25, 0.3) is 22.1 Å². The van der Waals surface area contributed by atoms with Gasteiger partial charge in [0, 0.05) is 37.8 Å². The topological polar surface area (TPSA) is 76.0 Å². The second-order valence-electron chi connectivity index (χ2n) is 5.93. The maximum atomic E-state index is 11.9. The second kappa shape index (κ2) is 5.66. The van der Waals surface area contributed by atoms with Crippen molar-refractivity contribution in [2.75, 3.05) is 26.8 Å². The summed E-state index contributed by atoms with van der Waals surface area (Å²) in [6, 6.07) is 2.40. The number of carbonyl (C=O) groups excluding carboxylic acids is 1. The fourth-order valence-corrected chi connectivity index (χ4v) is 3.42. The molecule has 120 valence electrons. The Hall–Kier alpha value is -2.41. The first kappa shape index (κ1) is 14.2. The van der Waals surface area contributed by atoms with Gasteiger partial charge < -0.3 is 19.2 Å². The van der Waals surface area contributed by atoms with E-state index in [1.54, 1.807) is 7.11 Å². The third-order valence-electron chi connectivity index (χ3n) is 4.60. The minimum absolute atomic E-state index is 0.0682. The number of pyridine rings is 1. The average Bonchev–Trinajstić information content (AvgIpc) is 3.21. The molecule has 3 aromatic heterocycles. The van der Waals surface area contributed by atoms with Crippen LogP contribution in [0.3, 0.4) is 0 Å². The lowest BCUT2D eigenvalue weighted by atomic mass is 10.0. The molecular weight excluding hydrogens is 294 g/mol. The molecule has 0 aliphatic carbocycles. The van der Waals surface area contributed by atoms with Crippen molar-refractivity contribution in [3.05, 3.63) is 24.8 Å². The van der Waals surface area contributed by atoms with Crippen LogP contribution in [-0.4, -0.2) is 57.1 Å². The van der Waals surface area contributed by atoms with Gasteiger partial charge in [-0.15, -0.1) is 0 Å². The molecule has 23 heavy (non-hydrogen) atoms. The number of imidazole rings is 1. The van der Waals surface area contributed by atoms with E-state index in [1.165, 1.54) is 0 Å². The second-order valence-corrected chi connectivity index (χ2v) is 5.93. The summed E-state index contributed by atoms with van der Waals surface area (Å²) < 4.78 is 7.18. The Balaban J connectivity index is 1.61. The van der Waals surface area contributed by atoms with Crippen molar-refractivity contribution in [1.29, 1.82) is 0 Å². The number of likely N-dealkylation sites (tertiary alicyclic amines) is 1. The van der Waals surface area contributed by atoms with E-state index in [4.69, 9.17) is 4.74 Å². The lowest BCUT2D eigenvalue weighted by Gasteiger charge is -2.32. The molecule has 7 heteroatoms. The number of H-pyrrole nitrogens is 1. The fraction of sp³-hybridized carbons (Fsp3) is 0.438. The molecule has 1 fully saturated rings. The average molecular weight is 313 g/mol. The molecule has 0 radical (unpaired) electrons. The number of rotatable bonds is 3. The van der Waals surface area contributed by atoms with Crippen LogP contribution in [0.15, 0.2) is 24.8 Å². The number of aromatic nitrogens is 4. The van der Waals surface area contributed by atoms with Crippen molar-refractivity contribution in [2.24, 2.45) is 0 Å². The number of fused-ring (bicyclic) bond motifs is 3. The van der Waals surface area contributed by atoms with E-state index < -0.39 is 0 Å². The van der Waals surface area contributed by atoms with Crippen molar-refractivity contribution in [1.82, 2.24) is 24.4 Å². The predicted molar refractivity (Wildman–Crippen MR) is 86.1 cm³/mol. The zero-order chi connectivity index (χ0) is 15.8. The number of aromatic amines is 1. The van der Waals surface area contributed by atoms with Crippen LogP contribution in [0.5, 0.6) is 0 Å². The van der Waals surface area contributed by atoms with Crippen LogP contribution in [-0.2, 0) is 9.53 Å². The molecule has 7 nitrogen and oxygen atoms in total. The van der Waals surface area contributed by atoms with Gasteiger partial charge in [0.05, 0.1) is 18.0 Å². The van der Waals surface area contributed by atoms with E-state index in [0.717, 1.165) is 48.0 Å². The van der Waals surface area contributed by atoms with Crippen molar-refractivity contribution in [2.45, 2.75) is 18.9 Å². The molecule has 1 aliphatic heterocycles. The first-order valence-corrected chi connectivity index (χ1v) is 7.83. The van der Waals surface area contributed by atoms with Gasteiger partial charge in [0.1, 0.15) is 17.8 Å². The Kier molecular flexibility index (Phi) is 3.49. The summed E-state index contributed by atoms with van der Waals surface area (Å²) in [5.74, 6) is 0.0682. The highest BCUT2D eigenvalue weighted by molar-refractivity contribution is 6.00. The Labute approximate surface area is 133 Å². The highest BCUT2D eigenvalue weighted by Gasteiger charge is 2.25. The van der Waals surface area contributed by atoms with Gasteiger partial charge in [0.15, 0.2) is 0 Å². The Bertz CT molecular complexity index is 845. The molecule has 0 bridgehead atoms. The van der Waals surface area contributed by atoms with Crippen LogP contribution >= 0.6 is 0 Å². The molecular formula is C16H19N5O2. The molecule has 1 N–H and O–H groups in total. The summed E-state index contributed by atoms with van der Waals surface area (Å²) in [6.45, 7) is 1.68. The van der Waals surface area contributed by atoms with Gasteiger partial charge in [-0.25, -0.2) is 9.97 Å². The van der Waals surface area contributed by atoms with Gasteiger partial charge in [-0.05, 0) is 18.9 Å². The monoisotopic (exact) mass is 313 g/mol. The first-order chi connectivity index (χ1) is 11.3. The molecule has 0 saturated carbocycles. The number of amides is 1. The van der Waals surface area contributed by atoms with Gasteiger partial charge in [0.2, 0.25) is 5.91 Å². The van der Waals surface area contributed by atoms with Crippen LogP contribution in [0, 0.1) is 0 Å². The maximum Gasteiger partial charge on any atom is 0.248 e. The number of nitrogens with zero attached hydrogens (tertiary/aromatic N) is 4. The summed E-state index contributed by atoms with van der Waals surface area (Å²) in [4.78, 5) is 25.8. The fourth-order valence-electron chi connectivity index (χ4n) is 3.42. The minimum atomic E-state index is 0.0682. The number of hydrogen-bond donors (Lipinski definition) is 1. The summed E-state index contributed by atoms with van der Waals surface area (Å²) in [5.41, 5.74) is 2.92. The normalized spacial score (nSPS) is 16.5. The van der Waals surface area contributed by atoms with E-state index in [1.807, 2.05) is 29.7 Å². The van der Waals surface area contributed by atoms with Gasteiger partial charge in [-0.2, -0.15) is 0 Å². The number of methoxy groups -OCH3 is 1. The Morgan fingerprint density at radius 1 is 1.39 bits per heavy atom. The lowest BCUT2D eigenvalue weighted by Crippen LogP contribution is -2.40. The minimum Gasteiger partial charge on any atom is -0.375 e. The van der Waals surface area contributed by atoms with Crippen LogP contribution < -0.4 is 0 Å². The number of piperidine rings is 1. The number of carbonyl (C=O) groups is 1. The van der Waals surface area contributed by atoms with E-state index in [9.17, 15) is 4.79 Å². The van der Waals surface area contributed by atoms with Crippen molar-refractivity contribution >= 4 is 28.0 Å². The molecule has 1 aliphatic rings. The summed E-state index contributed by atoms with van der Waals surface area (Å²) in [7, 11) is 1.55. The van der Waals surface area contributed by atoms with Crippen LogP contribution in [0.4, 0.5) is 0 Å². The molecule has 3 aromatic rings. The largest absolute Gasteiger partial charge is 0.375 e. The molecule has 1 saturated heterocycles. The van der Waals surface area contributed by atoms with Crippen LogP contribution in [0.2, 0.25) is 0 Å². The first-order valence-electron chi connectivity index (χ1n) is 7.83. The van der Waals surface area contributed by atoms with Gasteiger partial charge >= 0.3 is 0 Å². The number of nitrogens with one attached hydrogen (secondary N) is 1. The summed E-state index contributed by atoms with van der Waals surface area (Å²) in [5, 5.41) is 1.10. The van der Waals surface area contributed by atoms with Gasteiger partial charge in [0.25, 0.3) is 0 Å². The predicted octanol–water partition coefficient (Wildman–Crippen LogP) is 1.72. The molecule has 0 spiro atoms. The number of ether oxygens (including phenoxy) is 1. The molecule has 4 heterocycles. The summed E-state index contributed by atoms with van der Waals surface area (Å²) in [6.07, 6.45) is 7.46. The van der Waals surface area contributed by atoms with Gasteiger partial charge in [-0.1, -0.05) is 0 Å². The Morgan fingerprint density at radius 2 is 2.22 bits per heavy atom. The SMILES string of the molecule is COCC(=O)N1CCC(n2cnc3cnc4[nH]ccc4c32)CC1. The smallest absolute Gasteiger partial charge is 0.248 e. The van der Waals surface area contributed by atoms with Gasteiger partial charge in [-0.3, -0.25) is 4.79 Å². The number of hydrogen-bond acceptors (Lipinski definition) is 4. The Morgan fingerprint density at radius 3 is 3.00 bits per heavy atom.